The van der Waals surface area contributed by atoms with Crippen LogP contribution in [-0.2, 0) is 10.0 Å². The standard InChI is InChI=1S/C16H23N5O2S/c22-24(23,13-6-2-1-3-7-13)21-14(16-19-10-5-11-20-16)12-15-17-8-4-9-18-15/h1-3,6-7,14,21H,4-5,8-12H2,(H,17,18)(H,19,20). The molecule has 0 aliphatic carbocycles. The lowest BCUT2D eigenvalue weighted by Crippen LogP contribution is -2.51. The molecule has 2 aliphatic heterocycles. The molecule has 0 spiro atoms. The van der Waals surface area contributed by atoms with Crippen molar-refractivity contribution >= 4 is 21.7 Å². The van der Waals surface area contributed by atoms with Crippen LogP contribution in [-0.4, -0.2) is 52.3 Å². The lowest BCUT2D eigenvalue weighted by molar-refractivity contribution is 0.570. The molecule has 0 saturated carbocycles. The Morgan fingerprint density at radius 2 is 1.75 bits per heavy atom. The van der Waals surface area contributed by atoms with Crippen LogP contribution in [0.2, 0.25) is 0 Å². The first-order valence-corrected chi connectivity index (χ1v) is 9.76. The Morgan fingerprint density at radius 3 is 2.38 bits per heavy atom. The zero-order valence-electron chi connectivity index (χ0n) is 13.5. The third kappa shape index (κ3) is 4.33. The third-order valence-electron chi connectivity index (χ3n) is 3.97. The molecule has 0 bridgehead atoms. The van der Waals surface area contributed by atoms with Gasteiger partial charge in [-0.3, -0.25) is 9.98 Å². The van der Waals surface area contributed by atoms with Crippen LogP contribution in [0.15, 0.2) is 45.2 Å². The molecule has 1 unspecified atom stereocenters. The molecular weight excluding hydrogens is 326 g/mol. The van der Waals surface area contributed by atoms with Crippen molar-refractivity contribution in [3.63, 3.8) is 0 Å². The highest BCUT2D eigenvalue weighted by Gasteiger charge is 2.26. The van der Waals surface area contributed by atoms with Gasteiger partial charge in [-0.15, -0.1) is 0 Å². The first-order chi connectivity index (χ1) is 11.6. The average Bonchev–Trinajstić information content (AvgIpc) is 2.63. The SMILES string of the molecule is O=S(=O)(NC(CC1=NCCCN1)C1=NCCCN1)c1ccccc1. The quantitative estimate of drug-likeness (QED) is 0.697. The van der Waals surface area contributed by atoms with Crippen LogP contribution >= 0.6 is 0 Å². The smallest absolute Gasteiger partial charge is 0.241 e. The molecule has 0 amide bonds. The molecule has 3 rings (SSSR count). The zero-order chi connectivity index (χ0) is 16.8. The maximum absolute atomic E-state index is 12.7. The summed E-state index contributed by atoms with van der Waals surface area (Å²) in [6.07, 6.45) is 2.43. The number of hydrogen-bond acceptors (Lipinski definition) is 6. The summed E-state index contributed by atoms with van der Waals surface area (Å²) in [4.78, 5) is 9.18. The van der Waals surface area contributed by atoms with Gasteiger partial charge in [0.05, 0.1) is 16.8 Å². The molecule has 130 valence electrons. The molecule has 0 saturated heterocycles. The molecule has 2 heterocycles. The summed E-state index contributed by atoms with van der Waals surface area (Å²) < 4.78 is 28.1. The van der Waals surface area contributed by atoms with Crippen LogP contribution in [0.1, 0.15) is 19.3 Å². The predicted molar refractivity (Wildman–Crippen MR) is 95.0 cm³/mol. The molecular formula is C16H23N5O2S. The average molecular weight is 349 g/mol. The fourth-order valence-electron chi connectivity index (χ4n) is 2.75. The first-order valence-electron chi connectivity index (χ1n) is 8.28. The number of hydrogen-bond donors (Lipinski definition) is 3. The molecule has 0 radical (unpaired) electrons. The van der Waals surface area contributed by atoms with Crippen molar-refractivity contribution in [2.24, 2.45) is 9.98 Å². The second-order valence-electron chi connectivity index (χ2n) is 5.85. The number of benzene rings is 1. The van der Waals surface area contributed by atoms with Crippen molar-refractivity contribution in [1.82, 2.24) is 15.4 Å². The van der Waals surface area contributed by atoms with Gasteiger partial charge in [-0.25, -0.2) is 13.1 Å². The summed E-state index contributed by atoms with van der Waals surface area (Å²) in [5, 5.41) is 6.47. The maximum Gasteiger partial charge on any atom is 0.241 e. The largest absolute Gasteiger partial charge is 0.374 e. The van der Waals surface area contributed by atoms with E-state index in [4.69, 9.17) is 0 Å². The molecule has 7 nitrogen and oxygen atoms in total. The predicted octanol–water partition coefficient (Wildman–Crippen LogP) is 0.507. The molecule has 1 aromatic rings. The van der Waals surface area contributed by atoms with E-state index in [0.29, 0.717) is 18.8 Å². The number of nitrogens with one attached hydrogen (secondary N) is 3. The summed E-state index contributed by atoms with van der Waals surface area (Å²) in [5.74, 6) is 1.52. The van der Waals surface area contributed by atoms with E-state index in [1.165, 1.54) is 0 Å². The zero-order valence-corrected chi connectivity index (χ0v) is 14.3. The second-order valence-corrected chi connectivity index (χ2v) is 7.56. The molecule has 8 heteroatoms. The topological polar surface area (TPSA) is 95.0 Å². The Balaban J connectivity index is 1.81. The molecule has 0 fully saturated rings. The number of nitrogens with zero attached hydrogens (tertiary/aromatic N) is 2. The first kappa shape index (κ1) is 16.9. The van der Waals surface area contributed by atoms with E-state index < -0.39 is 16.1 Å². The van der Waals surface area contributed by atoms with Gasteiger partial charge in [-0.2, -0.15) is 0 Å². The lowest BCUT2D eigenvalue weighted by Gasteiger charge is -2.26. The van der Waals surface area contributed by atoms with Gasteiger partial charge in [0.15, 0.2) is 0 Å². The van der Waals surface area contributed by atoms with Gasteiger partial charge in [0.2, 0.25) is 10.0 Å². The monoisotopic (exact) mass is 349 g/mol. The molecule has 24 heavy (non-hydrogen) atoms. The minimum Gasteiger partial charge on any atom is -0.374 e. The summed E-state index contributed by atoms with van der Waals surface area (Å²) in [6.45, 7) is 3.17. The van der Waals surface area contributed by atoms with Gasteiger partial charge in [-0.1, -0.05) is 18.2 Å². The van der Waals surface area contributed by atoms with Gasteiger partial charge in [0.25, 0.3) is 0 Å². The van der Waals surface area contributed by atoms with Crippen LogP contribution in [0.4, 0.5) is 0 Å². The minimum absolute atomic E-state index is 0.255. The van der Waals surface area contributed by atoms with Crippen molar-refractivity contribution in [2.45, 2.75) is 30.2 Å². The minimum atomic E-state index is -3.61. The second kappa shape index (κ2) is 7.76. The van der Waals surface area contributed by atoms with Gasteiger partial charge in [0.1, 0.15) is 5.84 Å². The van der Waals surface area contributed by atoms with Crippen molar-refractivity contribution < 1.29 is 8.42 Å². The highest BCUT2D eigenvalue weighted by molar-refractivity contribution is 7.89. The highest BCUT2D eigenvalue weighted by atomic mass is 32.2. The number of aliphatic imine (C=N–C) groups is 2. The van der Waals surface area contributed by atoms with Crippen LogP contribution in [0.25, 0.3) is 0 Å². The van der Waals surface area contributed by atoms with Crippen LogP contribution in [0.5, 0.6) is 0 Å². The van der Waals surface area contributed by atoms with E-state index in [1.807, 2.05) is 0 Å². The van der Waals surface area contributed by atoms with E-state index in [9.17, 15) is 8.42 Å². The van der Waals surface area contributed by atoms with Gasteiger partial charge >= 0.3 is 0 Å². The summed E-state index contributed by atoms with van der Waals surface area (Å²) in [7, 11) is -3.61. The van der Waals surface area contributed by atoms with Gasteiger partial charge in [-0.05, 0) is 25.0 Å². The Bertz CT molecular complexity index is 715. The van der Waals surface area contributed by atoms with Crippen molar-refractivity contribution in [2.75, 3.05) is 26.2 Å². The summed E-state index contributed by atoms with van der Waals surface area (Å²) in [5.41, 5.74) is 0. The molecule has 2 aliphatic rings. The Morgan fingerprint density at radius 1 is 1.04 bits per heavy atom. The van der Waals surface area contributed by atoms with E-state index >= 15 is 0 Å². The van der Waals surface area contributed by atoms with Crippen molar-refractivity contribution in [1.29, 1.82) is 0 Å². The fourth-order valence-corrected chi connectivity index (χ4v) is 3.97. The van der Waals surface area contributed by atoms with Gasteiger partial charge < -0.3 is 10.6 Å². The molecule has 1 atom stereocenters. The number of rotatable bonds is 6. The lowest BCUT2D eigenvalue weighted by atomic mass is 10.1. The summed E-state index contributed by atoms with van der Waals surface area (Å²) >= 11 is 0. The highest BCUT2D eigenvalue weighted by Crippen LogP contribution is 2.11. The van der Waals surface area contributed by atoms with Crippen LogP contribution < -0.4 is 15.4 Å². The van der Waals surface area contributed by atoms with Crippen molar-refractivity contribution in [3.05, 3.63) is 30.3 Å². The third-order valence-corrected chi connectivity index (χ3v) is 5.46. The van der Waals surface area contributed by atoms with E-state index in [1.54, 1.807) is 30.3 Å². The normalized spacial score (nSPS) is 19.5. The number of sulfonamides is 1. The fraction of sp³-hybridized carbons (Fsp3) is 0.500. The van der Waals surface area contributed by atoms with E-state index in [2.05, 4.69) is 25.3 Å². The Labute approximate surface area is 142 Å². The maximum atomic E-state index is 12.7. The van der Waals surface area contributed by atoms with Crippen LogP contribution in [0.3, 0.4) is 0 Å². The van der Waals surface area contributed by atoms with E-state index in [-0.39, 0.29) is 4.90 Å². The number of amidine groups is 2. The van der Waals surface area contributed by atoms with Gasteiger partial charge in [0, 0.05) is 32.6 Å². The van der Waals surface area contributed by atoms with Crippen molar-refractivity contribution in [3.8, 4) is 0 Å². The molecule has 0 aromatic heterocycles. The summed E-state index contributed by atoms with van der Waals surface area (Å²) in [6, 6.07) is 7.96. The molecule has 1 aromatic carbocycles. The Hall–Kier alpha value is -1.93. The van der Waals surface area contributed by atoms with E-state index in [0.717, 1.165) is 38.3 Å². The molecule has 3 N–H and O–H groups in total. The van der Waals surface area contributed by atoms with Crippen LogP contribution in [0, 0.1) is 0 Å². The Kier molecular flexibility index (Phi) is 5.47.